The Kier molecular flexibility index (Phi) is 3.76. The van der Waals surface area contributed by atoms with Gasteiger partial charge >= 0.3 is 0 Å². The van der Waals surface area contributed by atoms with Crippen molar-refractivity contribution < 1.29 is 4.74 Å². The van der Waals surface area contributed by atoms with E-state index in [1.807, 2.05) is 0 Å². The smallest absolute Gasteiger partial charge is 0.128 e. The monoisotopic (exact) mass is 288 g/mol. The number of aromatic nitrogens is 1. The largest absolute Gasteiger partial charge is 0.493 e. The highest BCUT2D eigenvalue weighted by atomic mass is 32.1. The maximum absolute atomic E-state index is 5.87. The molecule has 0 atom stereocenters. The van der Waals surface area contributed by atoms with Gasteiger partial charge in [-0.25, -0.2) is 4.98 Å². The molecule has 2 aromatic rings. The quantitative estimate of drug-likeness (QED) is 0.942. The first-order valence-electron chi connectivity index (χ1n) is 7.15. The number of nitrogens with two attached hydrogens (primary N) is 1. The van der Waals surface area contributed by atoms with E-state index in [-0.39, 0.29) is 0 Å². The van der Waals surface area contributed by atoms with Crippen LogP contribution in [0.3, 0.4) is 0 Å². The summed E-state index contributed by atoms with van der Waals surface area (Å²) in [6.45, 7) is 5.80. The summed E-state index contributed by atoms with van der Waals surface area (Å²) in [5, 5.41) is 1.14. The lowest BCUT2D eigenvalue weighted by Gasteiger charge is -2.11. The zero-order chi connectivity index (χ0) is 14.1. The van der Waals surface area contributed by atoms with Crippen LogP contribution in [0.4, 0.5) is 0 Å². The Bertz CT molecular complexity index is 619. The highest BCUT2D eigenvalue weighted by molar-refractivity contribution is 7.12. The molecule has 4 heteroatoms. The van der Waals surface area contributed by atoms with Crippen LogP contribution in [0.2, 0.25) is 0 Å². The van der Waals surface area contributed by atoms with Gasteiger partial charge in [0.25, 0.3) is 0 Å². The fraction of sp³-hybridized carbons (Fsp3) is 0.438. The minimum absolute atomic E-state index is 0.508. The minimum Gasteiger partial charge on any atom is -0.493 e. The summed E-state index contributed by atoms with van der Waals surface area (Å²) in [7, 11) is 0. The molecule has 1 aromatic heterocycles. The van der Waals surface area contributed by atoms with Crippen molar-refractivity contribution >= 4 is 11.3 Å². The number of fused-ring (bicyclic) bond motifs is 3. The van der Waals surface area contributed by atoms with Gasteiger partial charge in [0.1, 0.15) is 5.75 Å². The molecule has 3 nitrogen and oxygen atoms in total. The van der Waals surface area contributed by atoms with Crippen molar-refractivity contribution in [2.24, 2.45) is 5.73 Å². The van der Waals surface area contributed by atoms with Crippen LogP contribution in [0.5, 0.6) is 5.75 Å². The summed E-state index contributed by atoms with van der Waals surface area (Å²) < 4.78 is 5.87. The lowest BCUT2D eigenvalue weighted by Crippen LogP contribution is -2.02. The Balaban J connectivity index is 2.11. The first-order valence-corrected chi connectivity index (χ1v) is 7.96. The zero-order valence-electron chi connectivity index (χ0n) is 12.0. The van der Waals surface area contributed by atoms with E-state index in [0.717, 1.165) is 41.5 Å². The van der Waals surface area contributed by atoms with Gasteiger partial charge in [-0.2, -0.15) is 0 Å². The molecule has 2 heterocycles. The van der Waals surface area contributed by atoms with Crippen molar-refractivity contribution in [2.75, 3.05) is 13.2 Å². The van der Waals surface area contributed by atoms with E-state index in [2.05, 4.69) is 32.0 Å². The number of hydrogen-bond acceptors (Lipinski definition) is 4. The Labute approximate surface area is 123 Å². The van der Waals surface area contributed by atoms with Gasteiger partial charge in [0.2, 0.25) is 0 Å². The van der Waals surface area contributed by atoms with Gasteiger partial charge in [0, 0.05) is 23.3 Å². The SMILES string of the molecule is CC(C)c1ccc2c(c1)-c1nc(CCN)sc1CCO2. The number of thiazole rings is 1. The van der Waals surface area contributed by atoms with Crippen LogP contribution in [0.1, 0.15) is 35.2 Å². The molecule has 0 bridgehead atoms. The van der Waals surface area contributed by atoms with Crippen LogP contribution in [-0.4, -0.2) is 18.1 Å². The molecule has 0 fully saturated rings. The highest BCUT2D eigenvalue weighted by Crippen LogP contribution is 2.39. The second-order valence-corrected chi connectivity index (χ2v) is 6.59. The fourth-order valence-electron chi connectivity index (χ4n) is 2.48. The molecule has 0 spiro atoms. The van der Waals surface area contributed by atoms with Crippen LogP contribution in [0, 0.1) is 0 Å². The summed E-state index contributed by atoms with van der Waals surface area (Å²) in [6.07, 6.45) is 1.79. The Morgan fingerprint density at radius 2 is 2.25 bits per heavy atom. The predicted molar refractivity (Wildman–Crippen MR) is 83.6 cm³/mol. The highest BCUT2D eigenvalue weighted by Gasteiger charge is 2.20. The van der Waals surface area contributed by atoms with Gasteiger partial charge in [0.05, 0.1) is 17.3 Å². The van der Waals surface area contributed by atoms with E-state index in [9.17, 15) is 0 Å². The number of hydrogen-bond donors (Lipinski definition) is 1. The Hall–Kier alpha value is -1.39. The molecule has 3 rings (SSSR count). The van der Waals surface area contributed by atoms with Gasteiger partial charge in [0.15, 0.2) is 0 Å². The van der Waals surface area contributed by atoms with Crippen molar-refractivity contribution in [3.05, 3.63) is 33.6 Å². The van der Waals surface area contributed by atoms with Gasteiger partial charge < -0.3 is 10.5 Å². The lowest BCUT2D eigenvalue weighted by molar-refractivity contribution is 0.327. The molecule has 106 valence electrons. The molecule has 1 aromatic carbocycles. The molecular formula is C16H20N2OS. The molecule has 0 saturated carbocycles. The molecule has 0 amide bonds. The van der Waals surface area contributed by atoms with Crippen LogP contribution < -0.4 is 10.5 Å². The molecule has 20 heavy (non-hydrogen) atoms. The van der Waals surface area contributed by atoms with E-state index >= 15 is 0 Å². The summed E-state index contributed by atoms with van der Waals surface area (Å²) in [6, 6.07) is 6.47. The van der Waals surface area contributed by atoms with Crippen molar-refractivity contribution in [3.8, 4) is 17.0 Å². The third-order valence-electron chi connectivity index (χ3n) is 3.61. The molecule has 0 aliphatic carbocycles. The van der Waals surface area contributed by atoms with Crippen LogP contribution in [-0.2, 0) is 12.8 Å². The van der Waals surface area contributed by atoms with Crippen LogP contribution >= 0.6 is 11.3 Å². The van der Waals surface area contributed by atoms with Gasteiger partial charge in [-0.1, -0.05) is 19.9 Å². The summed E-state index contributed by atoms with van der Waals surface area (Å²) >= 11 is 1.78. The van der Waals surface area contributed by atoms with Crippen molar-refractivity contribution in [1.29, 1.82) is 0 Å². The van der Waals surface area contributed by atoms with Gasteiger partial charge in [-0.15, -0.1) is 11.3 Å². The molecule has 2 N–H and O–H groups in total. The maximum atomic E-state index is 5.87. The first-order chi connectivity index (χ1) is 9.69. The topological polar surface area (TPSA) is 48.1 Å². The molecular weight excluding hydrogens is 268 g/mol. The standard InChI is InChI=1S/C16H20N2OS/c1-10(2)11-3-4-13-12(9-11)16-14(6-8-19-13)20-15(18-16)5-7-17/h3-4,9-10H,5-8,17H2,1-2H3. The second kappa shape index (κ2) is 5.54. The third-order valence-corrected chi connectivity index (χ3v) is 4.79. The van der Waals surface area contributed by atoms with Crippen LogP contribution in [0.15, 0.2) is 18.2 Å². The first kappa shape index (κ1) is 13.6. The van der Waals surface area contributed by atoms with E-state index in [0.29, 0.717) is 12.5 Å². The summed E-state index contributed by atoms with van der Waals surface area (Å²) in [5.41, 5.74) is 9.22. The van der Waals surface area contributed by atoms with E-state index in [1.165, 1.54) is 10.4 Å². The van der Waals surface area contributed by atoms with Crippen molar-refractivity contribution in [3.63, 3.8) is 0 Å². The van der Waals surface area contributed by atoms with E-state index < -0.39 is 0 Å². The van der Waals surface area contributed by atoms with Gasteiger partial charge in [-0.05, 0) is 30.2 Å². The van der Waals surface area contributed by atoms with Crippen molar-refractivity contribution in [2.45, 2.75) is 32.6 Å². The second-order valence-electron chi connectivity index (χ2n) is 5.43. The van der Waals surface area contributed by atoms with E-state index in [4.69, 9.17) is 15.5 Å². The maximum Gasteiger partial charge on any atom is 0.128 e. The molecule has 1 aliphatic rings. The summed E-state index contributed by atoms with van der Waals surface area (Å²) in [4.78, 5) is 6.13. The Morgan fingerprint density at radius 1 is 1.40 bits per heavy atom. The number of nitrogens with zero attached hydrogens (tertiary/aromatic N) is 1. The normalized spacial score (nSPS) is 13.6. The number of rotatable bonds is 3. The molecule has 0 unspecified atom stereocenters. The molecule has 0 radical (unpaired) electrons. The minimum atomic E-state index is 0.508. The number of benzene rings is 1. The fourth-order valence-corrected chi connectivity index (χ4v) is 3.56. The van der Waals surface area contributed by atoms with Gasteiger partial charge in [-0.3, -0.25) is 0 Å². The Morgan fingerprint density at radius 3 is 3.00 bits per heavy atom. The molecule has 0 saturated heterocycles. The average molecular weight is 288 g/mol. The summed E-state index contributed by atoms with van der Waals surface area (Å²) in [5.74, 6) is 1.46. The lowest BCUT2D eigenvalue weighted by atomic mass is 9.98. The number of ether oxygens (including phenoxy) is 1. The molecule has 1 aliphatic heterocycles. The average Bonchev–Trinajstić information content (AvgIpc) is 2.74. The third kappa shape index (κ3) is 2.45. The zero-order valence-corrected chi connectivity index (χ0v) is 12.8. The van der Waals surface area contributed by atoms with Crippen LogP contribution in [0.25, 0.3) is 11.3 Å². The van der Waals surface area contributed by atoms with Crippen molar-refractivity contribution in [1.82, 2.24) is 4.98 Å². The predicted octanol–water partition coefficient (Wildman–Crippen LogP) is 3.37. The van der Waals surface area contributed by atoms with E-state index in [1.54, 1.807) is 11.3 Å².